The minimum atomic E-state index is -0.891. The van der Waals surface area contributed by atoms with Gasteiger partial charge in [-0.1, -0.05) is 81.3 Å². The van der Waals surface area contributed by atoms with Crippen LogP contribution < -0.4 is 16.0 Å². The largest absolute Gasteiger partial charge is 0.446 e. The van der Waals surface area contributed by atoms with Crippen LogP contribution in [-0.2, 0) is 35.0 Å². The third-order valence-electron chi connectivity index (χ3n) is 11.9. The van der Waals surface area contributed by atoms with Crippen molar-refractivity contribution >= 4 is 35.0 Å². The Morgan fingerprint density at radius 2 is 1.51 bits per heavy atom. The van der Waals surface area contributed by atoms with Gasteiger partial charge in [-0.2, -0.15) is 0 Å². The topological polar surface area (TPSA) is 202 Å². The number of allylic oxidation sites excluding steroid dienone is 2. The molecule has 3 aromatic carbocycles. The molecule has 71 heavy (non-hydrogen) atoms. The van der Waals surface area contributed by atoms with Crippen molar-refractivity contribution in [1.29, 1.82) is 0 Å². The number of halogens is 1. The standard InChI is InChI=1S/C48H53FN8O8.C4H6.C2H6/c49-37-27-31(13-15-36(37)40-29-51-45(55-40)41-9-6-22-57(41)43(58)30-52-47(60)64-34-17-23-62-24-18-34)11-12-32-14-16-38-39(28-32)54-42(53-38)10-4-5-21-50-46(59)44(33-7-2-1-3-8-33)56-48(61)65-35-19-25-63-26-20-35;1-3-4-2;1-2/h1-3,7-8,13-16,27-29,34-35,41,44H,4-6,9-10,17-26,30H2,(H,50,59)(H,51,55)(H,52,60)(H,53,54)(H,56,61);3-4H,1-2H2;1-2H3. The van der Waals surface area contributed by atoms with Gasteiger partial charge in [0.1, 0.15) is 42.3 Å². The summed E-state index contributed by atoms with van der Waals surface area (Å²) in [5.41, 5.74) is 4.33. The fraction of sp³-hybridized carbons (Fsp3) is 0.407. The van der Waals surface area contributed by atoms with Crippen LogP contribution in [-0.4, -0.2) is 107 Å². The molecule has 4 amide bonds. The highest BCUT2D eigenvalue weighted by Crippen LogP contribution is 2.32. The Balaban J connectivity index is 0.00000131. The molecule has 17 heteroatoms. The number of aromatic amines is 2. The molecule has 3 aliphatic heterocycles. The average Bonchev–Trinajstić information content (AvgIpc) is 4.19. The second kappa shape index (κ2) is 27.8. The number of aromatic nitrogens is 4. The number of carbonyl (C=O) groups excluding carboxylic acids is 4. The van der Waals surface area contributed by atoms with Gasteiger partial charge in [0.2, 0.25) is 11.8 Å². The second-order valence-corrected chi connectivity index (χ2v) is 16.8. The summed E-state index contributed by atoms with van der Waals surface area (Å²) >= 11 is 0. The molecule has 16 nitrogen and oxygen atoms in total. The van der Waals surface area contributed by atoms with Crippen LogP contribution in [0, 0.1) is 17.7 Å². The molecule has 3 fully saturated rings. The normalized spacial score (nSPS) is 16.1. The van der Waals surface area contributed by atoms with Crippen molar-refractivity contribution in [3.63, 3.8) is 0 Å². The Morgan fingerprint density at radius 1 is 0.845 bits per heavy atom. The number of hydrogen-bond donors (Lipinski definition) is 5. The molecule has 376 valence electrons. The molecule has 8 rings (SSSR count). The van der Waals surface area contributed by atoms with E-state index >= 15 is 4.39 Å². The van der Waals surface area contributed by atoms with Crippen LogP contribution in [0.15, 0.2) is 98.2 Å². The van der Waals surface area contributed by atoms with Gasteiger partial charge in [-0.3, -0.25) is 9.59 Å². The van der Waals surface area contributed by atoms with E-state index in [4.69, 9.17) is 23.9 Å². The number of nitrogens with zero attached hydrogens (tertiary/aromatic N) is 3. The van der Waals surface area contributed by atoms with Gasteiger partial charge in [-0.25, -0.2) is 23.9 Å². The Labute approximate surface area is 414 Å². The summed E-state index contributed by atoms with van der Waals surface area (Å²) in [4.78, 5) is 68.8. The lowest BCUT2D eigenvalue weighted by Gasteiger charge is -2.24. The van der Waals surface area contributed by atoms with E-state index in [1.54, 1.807) is 47.5 Å². The number of nitrogens with one attached hydrogen (secondary N) is 5. The third-order valence-corrected chi connectivity index (χ3v) is 11.9. The number of fused-ring (bicyclic) bond motifs is 1. The van der Waals surface area contributed by atoms with E-state index in [1.807, 2.05) is 50.2 Å². The number of hydrogen-bond acceptors (Lipinski definition) is 10. The van der Waals surface area contributed by atoms with Crippen molar-refractivity contribution in [1.82, 2.24) is 40.8 Å². The predicted molar refractivity (Wildman–Crippen MR) is 268 cm³/mol. The van der Waals surface area contributed by atoms with E-state index in [9.17, 15) is 19.2 Å². The van der Waals surface area contributed by atoms with E-state index in [2.05, 4.69) is 55.9 Å². The average molecular weight is 973 g/mol. The number of ether oxygens (including phenoxy) is 4. The van der Waals surface area contributed by atoms with Crippen LogP contribution >= 0.6 is 0 Å². The lowest BCUT2D eigenvalue weighted by atomic mass is 10.1. The van der Waals surface area contributed by atoms with Gasteiger partial charge in [-0.15, -0.1) is 0 Å². The fourth-order valence-electron chi connectivity index (χ4n) is 8.22. The maximum atomic E-state index is 15.5. The van der Waals surface area contributed by atoms with Crippen molar-refractivity contribution in [3.05, 3.63) is 132 Å². The molecule has 3 saturated heterocycles. The maximum Gasteiger partial charge on any atom is 0.408 e. The first-order valence-corrected chi connectivity index (χ1v) is 24.5. The molecule has 0 saturated carbocycles. The maximum absolute atomic E-state index is 15.5. The number of carbonyl (C=O) groups is 4. The van der Waals surface area contributed by atoms with Gasteiger partial charge < -0.3 is 49.8 Å². The first-order chi connectivity index (χ1) is 34.7. The van der Waals surface area contributed by atoms with Crippen molar-refractivity contribution in [2.75, 3.05) is 46.1 Å². The molecule has 2 unspecified atom stereocenters. The number of alkyl carbamates (subject to hydrolysis) is 2. The zero-order valence-corrected chi connectivity index (χ0v) is 40.6. The van der Waals surface area contributed by atoms with Crippen molar-refractivity contribution in [3.8, 4) is 23.1 Å². The molecule has 2 atom stereocenters. The number of imidazole rings is 2. The van der Waals surface area contributed by atoms with E-state index < -0.39 is 24.0 Å². The number of rotatable bonds is 15. The molecule has 5 aromatic rings. The van der Waals surface area contributed by atoms with Crippen LogP contribution in [0.3, 0.4) is 0 Å². The van der Waals surface area contributed by atoms with Crippen LogP contribution in [0.5, 0.6) is 0 Å². The molecule has 5 N–H and O–H groups in total. The first-order valence-electron chi connectivity index (χ1n) is 24.5. The number of aryl methyl sites for hydroxylation is 1. The first kappa shape index (κ1) is 53.1. The quantitative estimate of drug-likeness (QED) is 0.0385. The van der Waals surface area contributed by atoms with Gasteiger partial charge in [-0.05, 0) is 67.6 Å². The van der Waals surface area contributed by atoms with Gasteiger partial charge >= 0.3 is 12.2 Å². The summed E-state index contributed by atoms with van der Waals surface area (Å²) < 4.78 is 37.1. The van der Waals surface area contributed by atoms with Crippen molar-refractivity contribution in [2.24, 2.45) is 0 Å². The summed E-state index contributed by atoms with van der Waals surface area (Å²) in [6.45, 7) is 13.6. The lowest BCUT2D eigenvalue weighted by Crippen LogP contribution is -2.42. The zero-order valence-electron chi connectivity index (χ0n) is 40.6. The molecule has 0 radical (unpaired) electrons. The van der Waals surface area contributed by atoms with Crippen LogP contribution in [0.2, 0.25) is 0 Å². The minimum Gasteiger partial charge on any atom is -0.446 e. The highest BCUT2D eigenvalue weighted by Gasteiger charge is 2.33. The molecular formula is C54H65FN8O8. The molecule has 2 aromatic heterocycles. The Morgan fingerprint density at radius 3 is 2.18 bits per heavy atom. The molecule has 3 aliphatic rings. The van der Waals surface area contributed by atoms with Gasteiger partial charge in [0, 0.05) is 61.9 Å². The molecule has 0 aliphatic carbocycles. The summed E-state index contributed by atoms with van der Waals surface area (Å²) in [6, 6.07) is 18.3. The summed E-state index contributed by atoms with van der Waals surface area (Å²) in [5, 5.41) is 8.26. The molecule has 0 bridgehead atoms. The third kappa shape index (κ3) is 15.9. The monoisotopic (exact) mass is 972 g/mol. The predicted octanol–water partition coefficient (Wildman–Crippen LogP) is 8.53. The number of H-pyrrole nitrogens is 2. The number of likely N-dealkylation sites (tertiary alicyclic amines) is 1. The fourth-order valence-corrected chi connectivity index (χ4v) is 8.22. The summed E-state index contributed by atoms with van der Waals surface area (Å²) in [6.07, 6.45) is 9.21. The van der Waals surface area contributed by atoms with Crippen molar-refractivity contribution in [2.45, 2.75) is 95.9 Å². The smallest absolute Gasteiger partial charge is 0.408 e. The van der Waals surface area contributed by atoms with Crippen LogP contribution in [0.25, 0.3) is 22.3 Å². The molecule has 0 spiro atoms. The lowest BCUT2D eigenvalue weighted by molar-refractivity contribution is -0.131. The number of benzene rings is 3. The highest BCUT2D eigenvalue weighted by atomic mass is 19.1. The van der Waals surface area contributed by atoms with Crippen LogP contribution in [0.4, 0.5) is 14.0 Å². The zero-order chi connectivity index (χ0) is 50.4. The number of amides is 4. The van der Waals surface area contributed by atoms with Gasteiger partial charge in [0.15, 0.2) is 0 Å². The molecular weight excluding hydrogens is 908 g/mol. The second-order valence-electron chi connectivity index (χ2n) is 16.8. The van der Waals surface area contributed by atoms with E-state index in [0.717, 1.165) is 35.3 Å². The van der Waals surface area contributed by atoms with E-state index in [1.165, 1.54) is 6.07 Å². The number of unbranched alkanes of at least 4 members (excludes halogenated alkanes) is 1. The molecule has 5 heterocycles. The summed E-state index contributed by atoms with van der Waals surface area (Å²) in [5.74, 6) is 6.51. The van der Waals surface area contributed by atoms with Crippen LogP contribution in [0.1, 0.15) is 106 Å². The van der Waals surface area contributed by atoms with E-state index in [-0.39, 0.29) is 36.6 Å². The highest BCUT2D eigenvalue weighted by molar-refractivity contribution is 5.87. The van der Waals surface area contributed by atoms with Crippen molar-refractivity contribution < 1.29 is 42.5 Å². The van der Waals surface area contributed by atoms with Gasteiger partial charge in [0.25, 0.3) is 0 Å². The minimum absolute atomic E-state index is 0.194. The van der Waals surface area contributed by atoms with Gasteiger partial charge in [0.05, 0.1) is 55.4 Å². The Hall–Kier alpha value is -7.29. The Bertz CT molecular complexity index is 2610. The summed E-state index contributed by atoms with van der Waals surface area (Å²) in [7, 11) is 0. The van der Waals surface area contributed by atoms with E-state index in [0.29, 0.717) is 113 Å². The Kier molecular flexibility index (Phi) is 20.8. The SMILES string of the molecule is C=CC=C.CC.O=C(NCC(=O)N1CCCC1c1ncc(-c2ccc(C#Cc3ccc4nc(CCCCNC(=O)C(NC(=O)OC5CCOCC5)c5ccccc5)[nH]c4c3)cc2F)[nH]1)OC1CCOCC1.